The van der Waals surface area contributed by atoms with Crippen molar-refractivity contribution in [3.8, 4) is 18.9 Å². The molecule has 1 amide bonds. The van der Waals surface area contributed by atoms with Gasteiger partial charge in [-0.15, -0.1) is 12.8 Å². The smallest absolute Gasteiger partial charge is 0.381 e. The Morgan fingerprint density at radius 3 is 2.60 bits per heavy atom. The number of hydrogen-bond donors (Lipinski definition) is 2. The largest absolute Gasteiger partial charge is 0.417 e. The first-order chi connectivity index (χ1) is 14.2. The summed E-state index contributed by atoms with van der Waals surface area (Å²) in [6.45, 7) is 0.350. The van der Waals surface area contributed by atoms with E-state index in [-0.39, 0.29) is 12.2 Å². The fraction of sp³-hybridized carbons (Fsp3) is 0.238. The van der Waals surface area contributed by atoms with Crippen molar-refractivity contribution in [2.75, 3.05) is 23.3 Å². The van der Waals surface area contributed by atoms with Crippen molar-refractivity contribution in [3.05, 3.63) is 58.9 Å². The van der Waals surface area contributed by atoms with E-state index in [2.05, 4.69) is 18.2 Å². The van der Waals surface area contributed by atoms with Gasteiger partial charge in [0.15, 0.2) is 6.10 Å². The van der Waals surface area contributed by atoms with Gasteiger partial charge in [0.2, 0.25) is 0 Å². The first-order valence-corrected chi connectivity index (χ1v) is 8.66. The van der Waals surface area contributed by atoms with E-state index in [0.29, 0.717) is 24.7 Å². The number of alkyl halides is 3. The topological polar surface area (TPSA) is 76.4 Å². The predicted molar refractivity (Wildman–Crippen MR) is 103 cm³/mol. The third-order valence-corrected chi connectivity index (χ3v) is 4.45. The summed E-state index contributed by atoms with van der Waals surface area (Å²) in [7, 11) is 0. The molecule has 2 aromatic rings. The molecule has 5 nitrogen and oxygen atoms in total. The first kappa shape index (κ1) is 22.7. The summed E-state index contributed by atoms with van der Waals surface area (Å²) >= 11 is 0. The second-order valence-corrected chi connectivity index (χ2v) is 6.34. The highest BCUT2D eigenvalue weighted by atomic mass is 19.4. The fourth-order valence-corrected chi connectivity index (χ4v) is 3.08. The van der Waals surface area contributed by atoms with Crippen molar-refractivity contribution >= 4 is 17.3 Å². The van der Waals surface area contributed by atoms with E-state index in [0.717, 1.165) is 17.7 Å². The van der Waals surface area contributed by atoms with Gasteiger partial charge >= 0.3 is 6.18 Å². The number of anilines is 2. The first-order valence-electron chi connectivity index (χ1n) is 8.66. The highest BCUT2D eigenvalue weighted by Crippen LogP contribution is 2.33. The van der Waals surface area contributed by atoms with Gasteiger partial charge in [0.05, 0.1) is 23.7 Å². The number of nitriles is 1. The summed E-state index contributed by atoms with van der Waals surface area (Å²) in [5.41, 5.74) is -0.475. The van der Waals surface area contributed by atoms with Crippen LogP contribution in [0.5, 0.6) is 0 Å². The highest BCUT2D eigenvalue weighted by Gasteiger charge is 2.34. The lowest BCUT2D eigenvalue weighted by Crippen LogP contribution is -2.39. The van der Waals surface area contributed by atoms with Crippen LogP contribution in [0, 0.1) is 30.0 Å². The molecule has 3 rings (SSSR count). The third-order valence-electron chi connectivity index (χ3n) is 4.45. The Morgan fingerprint density at radius 2 is 1.97 bits per heavy atom. The summed E-state index contributed by atoms with van der Waals surface area (Å²) in [6, 6.07) is 8.46. The molecule has 156 valence electrons. The van der Waals surface area contributed by atoms with Crippen molar-refractivity contribution in [2.45, 2.75) is 18.7 Å². The number of rotatable bonds is 4. The quantitative estimate of drug-likeness (QED) is 0.589. The Balaban J connectivity index is 0.00000155. The Kier molecular flexibility index (Phi) is 7.04. The maximum Gasteiger partial charge on any atom is 0.417 e. The molecule has 9 heteroatoms. The van der Waals surface area contributed by atoms with E-state index in [1.54, 1.807) is 11.0 Å². The number of carbonyl (C=O) groups excluding carboxylic acids is 1. The summed E-state index contributed by atoms with van der Waals surface area (Å²) in [4.78, 5) is 13.8. The van der Waals surface area contributed by atoms with E-state index in [9.17, 15) is 27.5 Å². The number of β-amino-alcohol motifs (C(OH)–C–C–N with tert-alkyl or cyclic N) is 1. The van der Waals surface area contributed by atoms with E-state index >= 15 is 0 Å². The van der Waals surface area contributed by atoms with Crippen molar-refractivity contribution in [1.82, 2.24) is 0 Å². The molecule has 1 heterocycles. The van der Waals surface area contributed by atoms with Gasteiger partial charge in [0.1, 0.15) is 5.82 Å². The van der Waals surface area contributed by atoms with E-state index in [1.807, 2.05) is 0 Å². The zero-order chi connectivity index (χ0) is 22.5. The van der Waals surface area contributed by atoms with Crippen LogP contribution in [0.3, 0.4) is 0 Å². The van der Waals surface area contributed by atoms with Gasteiger partial charge in [0, 0.05) is 17.9 Å². The van der Waals surface area contributed by atoms with Gasteiger partial charge < -0.3 is 15.3 Å². The average Bonchev–Trinajstić information content (AvgIpc) is 3.10. The van der Waals surface area contributed by atoms with Crippen molar-refractivity contribution < 1.29 is 27.5 Å². The summed E-state index contributed by atoms with van der Waals surface area (Å²) < 4.78 is 52.4. The third kappa shape index (κ3) is 5.07. The number of aliphatic hydroxyl groups is 1. The molecular formula is C21H17F4N3O2. The Morgan fingerprint density at radius 1 is 1.27 bits per heavy atom. The van der Waals surface area contributed by atoms with E-state index in [1.165, 1.54) is 18.2 Å². The minimum Gasteiger partial charge on any atom is -0.381 e. The van der Waals surface area contributed by atoms with Gasteiger partial charge in [-0.1, -0.05) is 6.07 Å². The second-order valence-electron chi connectivity index (χ2n) is 6.34. The molecule has 30 heavy (non-hydrogen) atoms. The Hall–Kier alpha value is -3.56. The molecule has 0 saturated heterocycles. The Labute approximate surface area is 170 Å². The van der Waals surface area contributed by atoms with E-state index < -0.39 is 35.1 Å². The number of halogens is 4. The molecule has 2 N–H and O–H groups in total. The average molecular weight is 419 g/mol. The predicted octanol–water partition coefficient (Wildman–Crippen LogP) is 3.33. The minimum absolute atomic E-state index is 0.134. The molecule has 0 radical (unpaired) electrons. The lowest BCUT2D eigenvalue weighted by atomic mass is 10.1. The number of amides is 1. The maximum absolute atomic E-state index is 13.4. The molecule has 2 aromatic carbocycles. The molecule has 1 aliphatic rings. The van der Waals surface area contributed by atoms with Crippen LogP contribution in [0.4, 0.5) is 28.9 Å². The number of benzene rings is 2. The van der Waals surface area contributed by atoms with Crippen molar-refractivity contribution in [1.29, 1.82) is 5.26 Å². The zero-order valence-electron chi connectivity index (χ0n) is 15.6. The van der Waals surface area contributed by atoms with Gasteiger partial charge in [-0.25, -0.2) is 4.39 Å². The number of aliphatic hydroxyl groups excluding tert-OH is 1. The van der Waals surface area contributed by atoms with E-state index in [4.69, 9.17) is 5.26 Å². The molecule has 0 unspecified atom stereocenters. The summed E-state index contributed by atoms with van der Waals surface area (Å²) in [6.07, 6.45) is 2.33. The van der Waals surface area contributed by atoms with Crippen LogP contribution < -0.4 is 10.2 Å². The van der Waals surface area contributed by atoms with Gasteiger partial charge in [-0.05, 0) is 42.3 Å². The number of terminal acetylenes is 1. The molecule has 1 aliphatic heterocycles. The monoisotopic (exact) mass is 419 g/mol. The van der Waals surface area contributed by atoms with Crippen LogP contribution in [0.25, 0.3) is 0 Å². The molecule has 0 spiro atoms. The molecular weight excluding hydrogens is 402 g/mol. The van der Waals surface area contributed by atoms with Gasteiger partial charge in [-0.3, -0.25) is 4.79 Å². The number of nitrogens with zero attached hydrogens (tertiary/aromatic N) is 2. The molecule has 0 aromatic heterocycles. The van der Waals surface area contributed by atoms with Gasteiger partial charge in [0.25, 0.3) is 5.91 Å². The van der Waals surface area contributed by atoms with Gasteiger partial charge in [-0.2, -0.15) is 18.4 Å². The standard InChI is InChI=1S/C19H15F4N3O2.C2H2/c20-13-3-1-11-5-6-26(16(11)7-13)10-17(27)18(28)25-14-4-2-12(9-24)15(8-14)19(21,22)23;1-2/h1-4,7-8,17,27H,5-6,10H2,(H,25,28);1-2H/t17-;/m0./s1. The lowest BCUT2D eigenvalue weighted by Gasteiger charge is -2.22. The van der Waals surface area contributed by atoms with Crippen LogP contribution in [-0.2, 0) is 17.4 Å². The van der Waals surface area contributed by atoms with Crippen LogP contribution in [-0.4, -0.2) is 30.2 Å². The van der Waals surface area contributed by atoms with Crippen LogP contribution in [0.2, 0.25) is 0 Å². The molecule has 0 aliphatic carbocycles. The number of carbonyl (C=O) groups is 1. The normalized spacial score (nSPS) is 13.5. The van der Waals surface area contributed by atoms with Crippen molar-refractivity contribution in [2.24, 2.45) is 0 Å². The SMILES string of the molecule is C#C.N#Cc1ccc(NC(=O)[C@@H](O)CN2CCc3ccc(F)cc32)cc1C(F)(F)F. The minimum atomic E-state index is -4.76. The molecule has 0 bridgehead atoms. The summed E-state index contributed by atoms with van der Waals surface area (Å²) in [5.74, 6) is -1.34. The number of fused-ring (bicyclic) bond motifs is 1. The number of nitrogens with one attached hydrogen (secondary N) is 1. The molecule has 1 atom stereocenters. The maximum atomic E-state index is 13.4. The zero-order valence-corrected chi connectivity index (χ0v) is 15.6. The summed E-state index contributed by atoms with van der Waals surface area (Å²) in [5, 5.41) is 21.2. The lowest BCUT2D eigenvalue weighted by molar-refractivity contribution is -0.137. The molecule has 0 fully saturated rings. The molecule has 0 saturated carbocycles. The van der Waals surface area contributed by atoms with Crippen molar-refractivity contribution in [3.63, 3.8) is 0 Å². The Bertz CT molecular complexity index is 996. The van der Waals surface area contributed by atoms with Crippen LogP contribution in [0.1, 0.15) is 16.7 Å². The van der Waals surface area contributed by atoms with Crippen LogP contribution >= 0.6 is 0 Å². The highest BCUT2D eigenvalue weighted by molar-refractivity contribution is 5.94. The van der Waals surface area contributed by atoms with Crippen LogP contribution in [0.15, 0.2) is 36.4 Å². The fourth-order valence-electron chi connectivity index (χ4n) is 3.08. The second kappa shape index (κ2) is 9.29. The number of hydrogen-bond acceptors (Lipinski definition) is 4.